The lowest BCUT2D eigenvalue weighted by atomic mass is 10.3. The summed E-state index contributed by atoms with van der Waals surface area (Å²) in [4.78, 5) is 18.6. The number of hydrogen-bond donors (Lipinski definition) is 1. The Morgan fingerprint density at radius 2 is 1.56 bits per heavy atom. The van der Waals surface area contributed by atoms with E-state index in [2.05, 4.69) is 0 Å². The summed E-state index contributed by atoms with van der Waals surface area (Å²) in [6, 6.07) is 7.42. The Hall–Kier alpha value is -3.81. The van der Waals surface area contributed by atoms with Crippen LogP contribution in [0.1, 0.15) is 0 Å². The van der Waals surface area contributed by atoms with E-state index in [0.717, 1.165) is 30.3 Å². The van der Waals surface area contributed by atoms with E-state index in [0.29, 0.717) is 0 Å². The number of nitro benzene ring substituents is 2. The SMILES string of the molecule is N#CCOc1ccc(F)c([N+](=O)[O-])c1.O=[N+]([O-])c1cc(O)ccc1F. The van der Waals surface area contributed by atoms with Gasteiger partial charge in [0.25, 0.3) is 0 Å². The topological polar surface area (TPSA) is 140 Å². The molecule has 9 nitrogen and oxygen atoms in total. The molecule has 130 valence electrons. The van der Waals surface area contributed by atoms with Gasteiger partial charge in [-0.25, -0.2) is 0 Å². The first-order chi connectivity index (χ1) is 11.8. The summed E-state index contributed by atoms with van der Waals surface area (Å²) in [5.74, 6) is -2.11. The highest BCUT2D eigenvalue weighted by Crippen LogP contribution is 2.23. The lowest BCUT2D eigenvalue weighted by molar-refractivity contribution is -0.387. The van der Waals surface area contributed by atoms with Crippen molar-refractivity contribution in [3.05, 3.63) is 68.3 Å². The van der Waals surface area contributed by atoms with Gasteiger partial charge in [-0.15, -0.1) is 0 Å². The Morgan fingerprint density at radius 1 is 1.04 bits per heavy atom. The summed E-state index contributed by atoms with van der Waals surface area (Å²) in [5.41, 5.74) is -1.38. The van der Waals surface area contributed by atoms with Crippen LogP contribution in [0.25, 0.3) is 0 Å². The molecule has 0 aromatic heterocycles. The van der Waals surface area contributed by atoms with Crippen LogP contribution < -0.4 is 4.74 Å². The van der Waals surface area contributed by atoms with Gasteiger partial charge >= 0.3 is 11.4 Å². The van der Waals surface area contributed by atoms with Crippen molar-refractivity contribution in [2.24, 2.45) is 0 Å². The van der Waals surface area contributed by atoms with Gasteiger partial charge in [-0.2, -0.15) is 14.0 Å². The van der Waals surface area contributed by atoms with Gasteiger partial charge < -0.3 is 9.84 Å². The molecular weight excluding hydrogens is 344 g/mol. The number of nitriles is 1. The maximum Gasteiger partial charge on any atom is 0.308 e. The fourth-order valence-electron chi connectivity index (χ4n) is 1.48. The standard InChI is InChI=1S/C8H5FN2O3.C6H4FNO3/c9-7-2-1-6(14-4-3-10)5-8(7)11(12)13;7-5-2-1-4(9)3-6(5)8(10)11/h1-2,5H,4H2;1-3,9H. The minimum atomic E-state index is -0.951. The van der Waals surface area contributed by atoms with Crippen molar-refractivity contribution >= 4 is 11.4 Å². The van der Waals surface area contributed by atoms with Crippen molar-refractivity contribution in [1.82, 2.24) is 0 Å². The van der Waals surface area contributed by atoms with E-state index in [9.17, 15) is 29.0 Å². The highest BCUT2D eigenvalue weighted by molar-refractivity contribution is 5.40. The number of halogens is 2. The van der Waals surface area contributed by atoms with Gasteiger partial charge in [-0.05, 0) is 24.3 Å². The van der Waals surface area contributed by atoms with E-state index in [1.807, 2.05) is 0 Å². The van der Waals surface area contributed by atoms with Gasteiger partial charge in [0.1, 0.15) is 17.6 Å². The van der Waals surface area contributed by atoms with E-state index in [1.54, 1.807) is 6.07 Å². The van der Waals surface area contributed by atoms with Gasteiger partial charge in [0.05, 0.1) is 22.0 Å². The molecule has 0 aliphatic carbocycles. The molecule has 0 saturated carbocycles. The average Bonchev–Trinajstić information content (AvgIpc) is 2.56. The normalized spacial score (nSPS) is 9.32. The van der Waals surface area contributed by atoms with E-state index in [1.165, 1.54) is 6.07 Å². The van der Waals surface area contributed by atoms with Gasteiger partial charge in [-0.3, -0.25) is 20.2 Å². The zero-order chi connectivity index (χ0) is 19.0. The van der Waals surface area contributed by atoms with Crippen LogP contribution in [0.3, 0.4) is 0 Å². The van der Waals surface area contributed by atoms with Crippen molar-refractivity contribution in [2.75, 3.05) is 6.61 Å². The van der Waals surface area contributed by atoms with Crippen molar-refractivity contribution in [3.8, 4) is 17.6 Å². The van der Waals surface area contributed by atoms with Crippen LogP contribution in [0.4, 0.5) is 20.2 Å². The molecule has 0 aliphatic rings. The third kappa shape index (κ3) is 5.71. The molecular formula is C14H9F2N3O6. The first kappa shape index (κ1) is 19.2. The van der Waals surface area contributed by atoms with Crippen LogP contribution in [-0.2, 0) is 0 Å². The lowest BCUT2D eigenvalue weighted by Crippen LogP contribution is -1.96. The number of nitrogens with zero attached hydrogens (tertiary/aromatic N) is 3. The van der Waals surface area contributed by atoms with Crippen molar-refractivity contribution in [3.63, 3.8) is 0 Å². The predicted octanol–water partition coefficient (Wildman–Crippen LogP) is 3.08. The van der Waals surface area contributed by atoms with Crippen molar-refractivity contribution in [2.45, 2.75) is 0 Å². The number of aromatic hydroxyl groups is 1. The Balaban J connectivity index is 0.000000257. The number of nitro groups is 2. The van der Waals surface area contributed by atoms with E-state index in [-0.39, 0.29) is 18.1 Å². The van der Waals surface area contributed by atoms with Crippen LogP contribution >= 0.6 is 0 Å². The molecule has 11 heteroatoms. The Labute approximate surface area is 138 Å². The molecule has 2 rings (SSSR count). The maximum absolute atomic E-state index is 12.8. The fourth-order valence-corrected chi connectivity index (χ4v) is 1.48. The van der Waals surface area contributed by atoms with Crippen LogP contribution in [0.2, 0.25) is 0 Å². The molecule has 1 N–H and O–H groups in total. The Bertz CT molecular complexity index is 838. The molecule has 0 radical (unpaired) electrons. The monoisotopic (exact) mass is 353 g/mol. The second-order valence-corrected chi connectivity index (χ2v) is 4.21. The number of phenolic OH excluding ortho intramolecular Hbond substituents is 1. The Morgan fingerprint density at radius 3 is 2.04 bits per heavy atom. The maximum atomic E-state index is 12.8. The van der Waals surface area contributed by atoms with Gasteiger partial charge in [0.15, 0.2) is 6.61 Å². The summed E-state index contributed by atoms with van der Waals surface area (Å²) in [6.45, 7) is -0.233. The molecule has 0 unspecified atom stereocenters. The number of ether oxygens (including phenoxy) is 1. The smallest absolute Gasteiger partial charge is 0.308 e. The van der Waals surface area contributed by atoms with Gasteiger partial charge in [-0.1, -0.05) is 0 Å². The van der Waals surface area contributed by atoms with Crippen LogP contribution in [0.15, 0.2) is 36.4 Å². The molecule has 0 amide bonds. The Kier molecular flexibility index (Phi) is 6.71. The molecule has 0 aliphatic heterocycles. The summed E-state index contributed by atoms with van der Waals surface area (Å²) in [6.07, 6.45) is 0. The number of phenols is 1. The van der Waals surface area contributed by atoms with Crippen LogP contribution in [-0.4, -0.2) is 21.6 Å². The largest absolute Gasteiger partial charge is 0.508 e. The molecule has 2 aromatic carbocycles. The minimum Gasteiger partial charge on any atom is -0.508 e. The fraction of sp³-hybridized carbons (Fsp3) is 0.0714. The molecule has 0 bridgehead atoms. The predicted molar refractivity (Wildman–Crippen MR) is 78.9 cm³/mol. The second-order valence-electron chi connectivity index (χ2n) is 4.21. The summed E-state index contributed by atoms with van der Waals surface area (Å²) < 4.78 is 30.0. The first-order valence-corrected chi connectivity index (χ1v) is 6.33. The third-order valence-electron chi connectivity index (χ3n) is 2.54. The molecule has 25 heavy (non-hydrogen) atoms. The summed E-state index contributed by atoms with van der Waals surface area (Å²) >= 11 is 0. The lowest BCUT2D eigenvalue weighted by Gasteiger charge is -2.00. The van der Waals surface area contributed by atoms with Crippen LogP contribution in [0.5, 0.6) is 11.5 Å². The number of benzene rings is 2. The van der Waals surface area contributed by atoms with Gasteiger partial charge in [0.2, 0.25) is 11.6 Å². The number of rotatable bonds is 4. The van der Waals surface area contributed by atoms with E-state index < -0.39 is 32.9 Å². The number of hydrogen-bond acceptors (Lipinski definition) is 7. The molecule has 0 fully saturated rings. The summed E-state index contributed by atoms with van der Waals surface area (Å²) in [5, 5.41) is 37.2. The van der Waals surface area contributed by atoms with E-state index >= 15 is 0 Å². The highest BCUT2D eigenvalue weighted by atomic mass is 19.1. The second kappa shape index (κ2) is 8.73. The average molecular weight is 353 g/mol. The molecule has 0 spiro atoms. The molecule has 0 saturated heterocycles. The first-order valence-electron chi connectivity index (χ1n) is 6.33. The quantitative estimate of drug-likeness (QED) is 0.658. The summed E-state index contributed by atoms with van der Waals surface area (Å²) in [7, 11) is 0. The zero-order valence-electron chi connectivity index (χ0n) is 12.3. The van der Waals surface area contributed by atoms with Gasteiger partial charge in [0, 0.05) is 0 Å². The molecule has 2 aromatic rings. The molecule has 0 heterocycles. The van der Waals surface area contributed by atoms with E-state index in [4.69, 9.17) is 15.1 Å². The zero-order valence-corrected chi connectivity index (χ0v) is 12.3. The molecule has 0 atom stereocenters. The van der Waals surface area contributed by atoms with Crippen LogP contribution in [0, 0.1) is 43.2 Å². The third-order valence-corrected chi connectivity index (χ3v) is 2.54. The van der Waals surface area contributed by atoms with Crippen molar-refractivity contribution < 1.29 is 28.5 Å². The highest BCUT2D eigenvalue weighted by Gasteiger charge is 2.15. The van der Waals surface area contributed by atoms with Crippen molar-refractivity contribution in [1.29, 1.82) is 5.26 Å². The minimum absolute atomic E-state index is 0.0969.